The van der Waals surface area contributed by atoms with Crippen LogP contribution in [0.5, 0.6) is 11.5 Å². The number of ether oxygens (including phenoxy) is 2. The maximum atomic E-state index is 13.3. The number of aryl methyl sites for hydroxylation is 2. The molecule has 1 aromatic carbocycles. The van der Waals surface area contributed by atoms with Crippen LogP contribution in [-0.2, 0) is 17.8 Å². The highest BCUT2D eigenvalue weighted by Crippen LogP contribution is 2.43. The quantitative estimate of drug-likeness (QED) is 0.282. The van der Waals surface area contributed by atoms with Crippen LogP contribution in [0.2, 0.25) is 0 Å². The lowest BCUT2D eigenvalue weighted by Gasteiger charge is -2.42. The highest BCUT2D eigenvalue weighted by Gasteiger charge is 2.38. The van der Waals surface area contributed by atoms with E-state index < -0.39 is 21.8 Å². The molecule has 6 rings (SSSR count). The fourth-order valence-corrected chi connectivity index (χ4v) is 6.24. The number of pyridine rings is 1. The van der Waals surface area contributed by atoms with Crippen molar-refractivity contribution in [1.29, 1.82) is 0 Å². The topological polar surface area (TPSA) is 134 Å². The van der Waals surface area contributed by atoms with E-state index in [4.69, 9.17) is 13.9 Å². The Morgan fingerprint density at radius 2 is 2.00 bits per heavy atom. The molecule has 1 fully saturated rings. The predicted molar refractivity (Wildman–Crippen MR) is 141 cm³/mol. The van der Waals surface area contributed by atoms with Crippen LogP contribution in [0.15, 0.2) is 38.3 Å². The first-order valence-corrected chi connectivity index (χ1v) is 13.1. The summed E-state index contributed by atoms with van der Waals surface area (Å²) in [5.41, 5.74) is 0.789. The Morgan fingerprint density at radius 1 is 1.21 bits per heavy atom. The molecule has 0 radical (unpaired) electrons. The number of benzene rings is 1. The average Bonchev–Trinajstić information content (AvgIpc) is 2.86. The van der Waals surface area contributed by atoms with E-state index in [1.54, 1.807) is 17.0 Å². The smallest absolute Gasteiger partial charge is 0.336 e. The van der Waals surface area contributed by atoms with Crippen LogP contribution in [0.1, 0.15) is 49.4 Å². The van der Waals surface area contributed by atoms with Crippen molar-refractivity contribution >= 4 is 22.6 Å². The van der Waals surface area contributed by atoms with Gasteiger partial charge in [-0.15, -0.1) is 0 Å². The van der Waals surface area contributed by atoms with Crippen molar-refractivity contribution in [2.45, 2.75) is 58.1 Å². The molecule has 2 bridgehead atoms. The molecule has 2 atom stereocenters. The summed E-state index contributed by atoms with van der Waals surface area (Å²) in [6.07, 6.45) is 2.27. The number of carbonyl (C=O) groups excluding carboxylic acids is 1. The third-order valence-corrected chi connectivity index (χ3v) is 8.09. The van der Waals surface area contributed by atoms with Gasteiger partial charge in [0.2, 0.25) is 0 Å². The molecule has 0 aliphatic carbocycles. The summed E-state index contributed by atoms with van der Waals surface area (Å²) in [6, 6.07) is 6.07. The van der Waals surface area contributed by atoms with Gasteiger partial charge in [0.15, 0.2) is 6.61 Å². The normalized spacial score (nSPS) is 21.1. The van der Waals surface area contributed by atoms with E-state index in [-0.39, 0.29) is 30.0 Å². The van der Waals surface area contributed by atoms with E-state index in [0.717, 1.165) is 18.4 Å². The van der Waals surface area contributed by atoms with E-state index in [1.807, 2.05) is 20.8 Å². The number of piperidine rings is 1. The third kappa shape index (κ3) is 4.35. The van der Waals surface area contributed by atoms with E-state index in [2.05, 4.69) is 0 Å². The first kappa shape index (κ1) is 25.1. The van der Waals surface area contributed by atoms with Crippen molar-refractivity contribution in [3.63, 3.8) is 0 Å². The second-order valence-electron chi connectivity index (χ2n) is 11.4. The summed E-state index contributed by atoms with van der Waals surface area (Å²) >= 11 is 0. The van der Waals surface area contributed by atoms with Crippen LogP contribution in [0.4, 0.5) is 5.69 Å². The molecule has 0 saturated carbocycles. The van der Waals surface area contributed by atoms with Crippen LogP contribution in [0.25, 0.3) is 11.0 Å². The number of nitro groups is 1. The first-order chi connectivity index (χ1) is 18.5. The van der Waals surface area contributed by atoms with Crippen LogP contribution in [0.3, 0.4) is 0 Å². The lowest BCUT2D eigenvalue weighted by Crippen LogP contribution is -2.50. The van der Waals surface area contributed by atoms with Crippen LogP contribution < -0.4 is 20.7 Å². The summed E-state index contributed by atoms with van der Waals surface area (Å²) in [6.45, 7) is 6.74. The monoisotopic (exact) mass is 535 g/mol. The Hall–Kier alpha value is -4.15. The lowest BCUT2D eigenvalue weighted by atomic mass is 9.83. The van der Waals surface area contributed by atoms with Gasteiger partial charge in [-0.25, -0.2) is 4.79 Å². The van der Waals surface area contributed by atoms with Crippen molar-refractivity contribution in [3.05, 3.63) is 72.0 Å². The van der Waals surface area contributed by atoms with E-state index in [1.165, 1.54) is 16.7 Å². The molecular weight excluding hydrogens is 506 g/mol. The number of fused-ring (bicyclic) bond motifs is 7. The van der Waals surface area contributed by atoms with E-state index >= 15 is 0 Å². The van der Waals surface area contributed by atoms with E-state index in [0.29, 0.717) is 59.8 Å². The molecule has 3 aliphatic heterocycles. The van der Waals surface area contributed by atoms with Gasteiger partial charge in [-0.05, 0) is 57.6 Å². The largest absolute Gasteiger partial charge is 0.487 e. The van der Waals surface area contributed by atoms with Gasteiger partial charge in [0, 0.05) is 55.0 Å². The van der Waals surface area contributed by atoms with Crippen molar-refractivity contribution in [2.24, 2.45) is 5.92 Å². The van der Waals surface area contributed by atoms with Gasteiger partial charge in [-0.2, -0.15) is 0 Å². The number of likely N-dealkylation sites (tertiary alicyclic amines) is 1. The Morgan fingerprint density at radius 3 is 2.77 bits per heavy atom. The molecule has 1 saturated heterocycles. The molecule has 3 aliphatic rings. The van der Waals surface area contributed by atoms with Gasteiger partial charge in [-0.3, -0.25) is 19.7 Å². The summed E-state index contributed by atoms with van der Waals surface area (Å²) in [5, 5.41) is 11.9. The van der Waals surface area contributed by atoms with Crippen molar-refractivity contribution in [1.82, 2.24) is 9.47 Å². The van der Waals surface area contributed by atoms with E-state index in [9.17, 15) is 24.5 Å². The van der Waals surface area contributed by atoms with Crippen molar-refractivity contribution < 1.29 is 23.6 Å². The predicted octanol–water partition coefficient (Wildman–Crippen LogP) is 3.30. The van der Waals surface area contributed by atoms with Crippen molar-refractivity contribution in [2.75, 3.05) is 19.7 Å². The van der Waals surface area contributed by atoms with Gasteiger partial charge in [0.25, 0.3) is 5.91 Å². The SMILES string of the molecule is Cc1cc(=O)oc2c3c(cc(OCC(=O)N4CC5C[C@H](C4)Cn4c5ccc([N+](=O)[O-])c4=O)c12)OC(C)(C)CC3. The Balaban J connectivity index is 1.25. The van der Waals surface area contributed by atoms with Crippen molar-refractivity contribution in [3.8, 4) is 11.5 Å². The molecule has 5 heterocycles. The molecule has 204 valence electrons. The highest BCUT2D eigenvalue weighted by atomic mass is 16.6. The van der Waals surface area contributed by atoms with Crippen LogP contribution in [0, 0.1) is 23.0 Å². The first-order valence-electron chi connectivity index (χ1n) is 13.1. The summed E-state index contributed by atoms with van der Waals surface area (Å²) in [7, 11) is 0. The minimum Gasteiger partial charge on any atom is -0.487 e. The maximum absolute atomic E-state index is 13.3. The molecule has 11 nitrogen and oxygen atoms in total. The molecule has 2 aromatic heterocycles. The number of amides is 1. The molecule has 0 N–H and O–H groups in total. The number of rotatable bonds is 4. The molecule has 1 amide bonds. The minimum absolute atomic E-state index is 0.0108. The molecule has 11 heteroatoms. The second-order valence-corrected chi connectivity index (χ2v) is 11.4. The summed E-state index contributed by atoms with van der Waals surface area (Å²) < 4.78 is 19.4. The number of hydrogen-bond acceptors (Lipinski definition) is 8. The van der Waals surface area contributed by atoms with Gasteiger partial charge in [0.05, 0.1) is 10.3 Å². The Labute approximate surface area is 223 Å². The van der Waals surface area contributed by atoms with Gasteiger partial charge in [0.1, 0.15) is 22.7 Å². The van der Waals surface area contributed by atoms with Gasteiger partial charge in [-0.1, -0.05) is 0 Å². The Bertz CT molecular complexity index is 1650. The molecular formula is C28H29N3O8. The Kier molecular flexibility index (Phi) is 5.78. The highest BCUT2D eigenvalue weighted by molar-refractivity contribution is 5.91. The maximum Gasteiger partial charge on any atom is 0.336 e. The zero-order chi connectivity index (χ0) is 27.6. The number of hydrogen-bond donors (Lipinski definition) is 0. The average molecular weight is 536 g/mol. The van der Waals surface area contributed by atoms with Gasteiger partial charge >= 0.3 is 16.9 Å². The zero-order valence-corrected chi connectivity index (χ0v) is 22.0. The van der Waals surface area contributed by atoms with Crippen LogP contribution >= 0.6 is 0 Å². The molecule has 0 spiro atoms. The number of carbonyl (C=O) groups is 1. The minimum atomic E-state index is -0.656. The summed E-state index contributed by atoms with van der Waals surface area (Å²) in [4.78, 5) is 50.5. The number of aromatic nitrogens is 1. The molecule has 3 aromatic rings. The lowest BCUT2D eigenvalue weighted by molar-refractivity contribution is -0.386. The zero-order valence-electron chi connectivity index (χ0n) is 22.0. The molecule has 39 heavy (non-hydrogen) atoms. The third-order valence-electron chi connectivity index (χ3n) is 8.09. The fourth-order valence-electron chi connectivity index (χ4n) is 6.24. The fraction of sp³-hybridized carbons (Fsp3) is 0.464. The van der Waals surface area contributed by atoms with Crippen LogP contribution in [-0.4, -0.2) is 45.6 Å². The number of nitrogens with zero attached hydrogens (tertiary/aromatic N) is 3. The second kappa shape index (κ2) is 8.96. The summed E-state index contributed by atoms with van der Waals surface area (Å²) in [5.74, 6) is 0.712. The van der Waals surface area contributed by atoms with Gasteiger partial charge < -0.3 is 23.4 Å². The standard InChI is InChI=1S/C28H29N3O8/c1-15-8-24(33)38-26-18-6-7-28(2,3)39-21(18)10-22(25(15)26)37-14-23(32)29-11-16-9-17(13-29)19-4-5-20(31(35)36)27(34)30(19)12-16/h4-5,8,10,16-17H,6-7,9,11-14H2,1-3H3/t16-,17?/m1/s1. The molecule has 1 unspecified atom stereocenters.